The Balaban J connectivity index is 1.33. The summed E-state index contributed by atoms with van der Waals surface area (Å²) < 4.78 is 21.4. The van der Waals surface area contributed by atoms with Crippen LogP contribution in [-0.2, 0) is 6.54 Å². The number of aromatic nitrogens is 3. The number of aliphatic hydroxyl groups is 1. The second-order valence-electron chi connectivity index (χ2n) is 8.90. The van der Waals surface area contributed by atoms with E-state index in [2.05, 4.69) is 20.7 Å². The minimum atomic E-state index is -0.626. The summed E-state index contributed by atoms with van der Waals surface area (Å²) in [4.78, 5) is 30.6. The van der Waals surface area contributed by atoms with Crippen LogP contribution in [0.3, 0.4) is 0 Å². The maximum atomic E-state index is 14.0. The van der Waals surface area contributed by atoms with Gasteiger partial charge in [-0.25, -0.2) is 9.37 Å². The van der Waals surface area contributed by atoms with E-state index in [9.17, 15) is 14.0 Å². The van der Waals surface area contributed by atoms with E-state index in [0.29, 0.717) is 43.7 Å². The molecule has 37 heavy (non-hydrogen) atoms. The highest BCUT2D eigenvalue weighted by molar-refractivity contribution is 7.98. The fourth-order valence-electron chi connectivity index (χ4n) is 4.29. The number of ether oxygens (including phenoxy) is 1. The van der Waals surface area contributed by atoms with Gasteiger partial charge in [-0.1, -0.05) is 6.07 Å². The number of amides is 2. The lowest BCUT2D eigenvalue weighted by Gasteiger charge is -2.29. The summed E-state index contributed by atoms with van der Waals surface area (Å²) in [6.45, 7) is 2.12. The highest BCUT2D eigenvalue weighted by atomic mass is 32.2. The van der Waals surface area contributed by atoms with Crippen LogP contribution in [0.15, 0.2) is 47.5 Å². The number of hydrogen-bond acceptors (Lipinski definition) is 7. The predicted molar refractivity (Wildman–Crippen MR) is 138 cm³/mol. The van der Waals surface area contributed by atoms with Crippen molar-refractivity contribution in [3.63, 3.8) is 0 Å². The van der Waals surface area contributed by atoms with E-state index in [4.69, 9.17) is 9.84 Å². The summed E-state index contributed by atoms with van der Waals surface area (Å²) in [6, 6.07) is 10.0. The maximum absolute atomic E-state index is 14.0. The van der Waals surface area contributed by atoms with Crippen molar-refractivity contribution < 1.29 is 23.8 Å². The Morgan fingerprint density at radius 1 is 1.14 bits per heavy atom. The summed E-state index contributed by atoms with van der Waals surface area (Å²) in [5, 5.41) is 19.3. The minimum absolute atomic E-state index is 0.0267. The van der Waals surface area contributed by atoms with E-state index in [1.54, 1.807) is 28.6 Å². The van der Waals surface area contributed by atoms with E-state index in [1.807, 2.05) is 31.4 Å². The van der Waals surface area contributed by atoms with Crippen LogP contribution >= 0.6 is 11.8 Å². The van der Waals surface area contributed by atoms with Crippen LogP contribution in [0.1, 0.15) is 52.2 Å². The van der Waals surface area contributed by atoms with Crippen LogP contribution in [0.25, 0.3) is 0 Å². The number of thioether (sulfide) groups is 1. The second kappa shape index (κ2) is 12.2. The number of carbonyl (C=O) groups is 2. The molecule has 1 saturated carbocycles. The van der Waals surface area contributed by atoms with Crippen LogP contribution in [-0.4, -0.2) is 56.6 Å². The number of aliphatic hydroxyl groups excluding tert-OH is 1. The molecule has 4 rings (SSSR count). The first-order valence-corrected chi connectivity index (χ1v) is 13.3. The molecular formula is C26H30FN5O4S. The van der Waals surface area contributed by atoms with Gasteiger partial charge in [-0.15, -0.1) is 11.8 Å². The average Bonchev–Trinajstić information content (AvgIpc) is 3.27. The van der Waals surface area contributed by atoms with Gasteiger partial charge in [0, 0.05) is 22.7 Å². The number of halogens is 1. The summed E-state index contributed by atoms with van der Waals surface area (Å²) in [5.74, 6) is -0.800. The normalized spacial score (nSPS) is 17.3. The third-order valence-electron chi connectivity index (χ3n) is 6.24. The zero-order chi connectivity index (χ0) is 26.4. The van der Waals surface area contributed by atoms with E-state index in [-0.39, 0.29) is 36.0 Å². The Kier molecular flexibility index (Phi) is 8.78. The Bertz CT molecular complexity index is 1260. The van der Waals surface area contributed by atoms with Crippen molar-refractivity contribution in [2.24, 2.45) is 0 Å². The molecule has 3 N–H and O–H groups in total. The molecule has 11 heteroatoms. The van der Waals surface area contributed by atoms with Gasteiger partial charge in [0.1, 0.15) is 22.8 Å². The molecule has 2 aromatic heterocycles. The van der Waals surface area contributed by atoms with Gasteiger partial charge >= 0.3 is 0 Å². The molecule has 3 aromatic rings. The Morgan fingerprint density at radius 3 is 2.51 bits per heavy atom. The van der Waals surface area contributed by atoms with Gasteiger partial charge in [0.05, 0.1) is 19.3 Å². The molecule has 9 nitrogen and oxygen atoms in total. The molecule has 2 heterocycles. The fourth-order valence-corrected chi connectivity index (χ4v) is 4.74. The van der Waals surface area contributed by atoms with Gasteiger partial charge in [0.25, 0.3) is 11.8 Å². The first-order chi connectivity index (χ1) is 17.9. The zero-order valence-electron chi connectivity index (χ0n) is 20.7. The lowest BCUT2D eigenvalue weighted by Crippen LogP contribution is -2.44. The van der Waals surface area contributed by atoms with E-state index in [0.717, 1.165) is 22.9 Å². The van der Waals surface area contributed by atoms with E-state index in [1.165, 1.54) is 0 Å². The molecular weight excluding hydrogens is 497 g/mol. The first kappa shape index (κ1) is 26.6. The number of nitrogens with zero attached hydrogens (tertiary/aromatic N) is 3. The molecule has 0 unspecified atom stereocenters. The first-order valence-electron chi connectivity index (χ1n) is 12.1. The average molecular weight is 528 g/mol. The van der Waals surface area contributed by atoms with Crippen molar-refractivity contribution in [2.75, 3.05) is 12.9 Å². The number of benzene rings is 1. The molecule has 196 valence electrons. The highest BCUT2D eigenvalue weighted by Gasteiger charge is 2.26. The number of carbonyl (C=O) groups excluding carboxylic acids is 2. The largest absolute Gasteiger partial charge is 0.438 e. The topological polar surface area (TPSA) is 118 Å². The summed E-state index contributed by atoms with van der Waals surface area (Å²) in [6.07, 6.45) is 5.64. The van der Waals surface area contributed by atoms with Gasteiger partial charge in [-0.3, -0.25) is 14.3 Å². The van der Waals surface area contributed by atoms with Crippen LogP contribution in [0.2, 0.25) is 0 Å². The fraction of sp³-hybridized carbons (Fsp3) is 0.385. The molecule has 0 aliphatic heterocycles. The second-order valence-corrected chi connectivity index (χ2v) is 9.78. The van der Waals surface area contributed by atoms with Crippen LogP contribution < -0.4 is 15.4 Å². The number of nitrogens with one attached hydrogen (secondary N) is 2. The van der Waals surface area contributed by atoms with Crippen LogP contribution in [0.5, 0.6) is 11.6 Å². The minimum Gasteiger partial charge on any atom is -0.438 e. The molecule has 0 atom stereocenters. The highest BCUT2D eigenvalue weighted by Crippen LogP contribution is 2.28. The summed E-state index contributed by atoms with van der Waals surface area (Å²) >= 11 is 1.56. The smallest absolute Gasteiger partial charge is 0.272 e. The van der Waals surface area contributed by atoms with Gasteiger partial charge in [-0.05, 0) is 69.2 Å². The number of pyridine rings is 1. The third kappa shape index (κ3) is 6.86. The number of aryl methyl sites for hydroxylation is 1. The standard InChI is InChI=1S/C26H30FN5O4S/c1-16-12-23(31-32(16)10-11-33)25(35)30-19-8-6-18(7-9-19)29-24(34)22-13-17(27)15-28-26(22)36-20-4-3-5-21(14-20)37-2/h3-5,12-15,18-19,33H,6-11H2,1-2H3,(H,29,34)(H,30,35). The molecule has 1 aliphatic carbocycles. The zero-order valence-corrected chi connectivity index (χ0v) is 21.6. The van der Waals surface area contributed by atoms with Crippen molar-refractivity contribution in [3.8, 4) is 11.6 Å². The molecule has 1 aliphatic rings. The van der Waals surface area contributed by atoms with Crippen molar-refractivity contribution in [1.82, 2.24) is 25.4 Å². The van der Waals surface area contributed by atoms with Crippen LogP contribution in [0, 0.1) is 12.7 Å². The van der Waals surface area contributed by atoms with Crippen molar-refractivity contribution >= 4 is 23.6 Å². The van der Waals surface area contributed by atoms with E-state index >= 15 is 0 Å². The summed E-state index contributed by atoms with van der Waals surface area (Å²) in [7, 11) is 0. The maximum Gasteiger partial charge on any atom is 0.272 e. The number of hydrogen-bond donors (Lipinski definition) is 3. The summed E-state index contributed by atoms with van der Waals surface area (Å²) in [5.41, 5.74) is 1.15. The third-order valence-corrected chi connectivity index (χ3v) is 6.97. The molecule has 0 saturated heterocycles. The molecule has 0 radical (unpaired) electrons. The van der Waals surface area contributed by atoms with Crippen molar-refractivity contribution in [2.45, 2.75) is 56.1 Å². The van der Waals surface area contributed by atoms with Gasteiger partial charge < -0.3 is 20.5 Å². The van der Waals surface area contributed by atoms with Gasteiger partial charge in [0.2, 0.25) is 5.88 Å². The lowest BCUT2D eigenvalue weighted by molar-refractivity contribution is 0.0887. The predicted octanol–water partition coefficient (Wildman–Crippen LogP) is 3.70. The molecule has 1 aromatic carbocycles. The van der Waals surface area contributed by atoms with Gasteiger partial charge in [-0.2, -0.15) is 5.10 Å². The molecule has 0 bridgehead atoms. The van der Waals surface area contributed by atoms with E-state index < -0.39 is 11.7 Å². The Morgan fingerprint density at radius 2 is 1.84 bits per heavy atom. The van der Waals surface area contributed by atoms with Gasteiger partial charge in [0.15, 0.2) is 0 Å². The SMILES string of the molecule is CSc1cccc(Oc2ncc(F)cc2C(=O)NC2CCC(NC(=O)c3cc(C)n(CCO)n3)CC2)c1. The molecule has 2 amide bonds. The molecule has 1 fully saturated rings. The quantitative estimate of drug-likeness (QED) is 0.363. The van der Waals surface area contributed by atoms with Crippen LogP contribution in [0.4, 0.5) is 4.39 Å². The number of rotatable bonds is 9. The molecule has 0 spiro atoms. The Hall–Kier alpha value is -3.44. The lowest BCUT2D eigenvalue weighted by atomic mass is 9.91. The van der Waals surface area contributed by atoms with Crippen molar-refractivity contribution in [3.05, 3.63) is 65.4 Å². The Labute approximate surface area is 218 Å². The van der Waals surface area contributed by atoms with Crippen molar-refractivity contribution in [1.29, 1.82) is 0 Å². The monoisotopic (exact) mass is 527 g/mol.